The minimum Gasteiger partial charge on any atom is -0.493 e. The van der Waals surface area contributed by atoms with Gasteiger partial charge in [-0.2, -0.15) is 11.8 Å². The molecule has 0 radical (unpaired) electrons. The number of likely N-dealkylation sites (N-methyl/N-ethyl adjacent to an activating group) is 1. The van der Waals surface area contributed by atoms with Gasteiger partial charge in [0.15, 0.2) is 23.1 Å². The molecular weight excluding hydrogens is 871 g/mol. The summed E-state index contributed by atoms with van der Waals surface area (Å²) < 4.78 is 18.9. The molecule has 66 heavy (non-hydrogen) atoms. The zero-order valence-corrected chi connectivity index (χ0v) is 37.6. The quantitative estimate of drug-likeness (QED) is 0.0766. The average molecular weight is 920 g/mol. The Labute approximate surface area is 383 Å². The van der Waals surface area contributed by atoms with Crippen LogP contribution in [0.5, 0.6) is 11.5 Å². The zero-order valence-electron chi connectivity index (χ0n) is 36.8. The van der Waals surface area contributed by atoms with Gasteiger partial charge in [-0.25, -0.2) is 4.98 Å². The Bertz CT molecular complexity index is 2750. The van der Waals surface area contributed by atoms with Crippen LogP contribution >= 0.6 is 11.8 Å². The highest BCUT2D eigenvalue weighted by Gasteiger charge is 2.40. The second-order valence-electron chi connectivity index (χ2n) is 16.1. The molecule has 3 aromatic carbocycles. The lowest BCUT2D eigenvalue weighted by Gasteiger charge is -2.25. The van der Waals surface area contributed by atoms with Gasteiger partial charge in [-0.3, -0.25) is 38.5 Å². The molecule has 5 aromatic rings. The van der Waals surface area contributed by atoms with Gasteiger partial charge in [-0.05, 0) is 61.1 Å². The van der Waals surface area contributed by atoms with Gasteiger partial charge < -0.3 is 49.5 Å². The third kappa shape index (κ3) is 9.53. The number of fused-ring (bicyclic) bond motifs is 5. The first-order valence-corrected chi connectivity index (χ1v) is 22.7. The van der Waals surface area contributed by atoms with Gasteiger partial charge in [0.25, 0.3) is 17.7 Å². The van der Waals surface area contributed by atoms with E-state index in [2.05, 4.69) is 37.2 Å². The number of nitrogens with zero attached hydrogens (tertiary/aromatic N) is 5. The number of aryl methyl sites for hydroxylation is 1. The first kappa shape index (κ1) is 45.2. The van der Waals surface area contributed by atoms with Gasteiger partial charge in [0.1, 0.15) is 5.58 Å². The molecule has 1 saturated heterocycles. The van der Waals surface area contributed by atoms with Crippen molar-refractivity contribution in [3.8, 4) is 11.5 Å². The normalized spacial score (nSPS) is 16.4. The second-order valence-corrected chi connectivity index (χ2v) is 17.1. The molecular formula is C46H49N9O10S. The van der Waals surface area contributed by atoms with Crippen molar-refractivity contribution in [2.75, 3.05) is 73.6 Å². The van der Waals surface area contributed by atoms with Crippen molar-refractivity contribution in [2.45, 2.75) is 43.4 Å². The number of hydrogen-bond donors (Lipinski definition) is 4. The van der Waals surface area contributed by atoms with Gasteiger partial charge in [-0.15, -0.1) is 0 Å². The number of imide groups is 1. The lowest BCUT2D eigenvalue weighted by molar-refractivity contribution is -0.138. The summed E-state index contributed by atoms with van der Waals surface area (Å²) in [4.78, 5) is 98.9. The summed E-state index contributed by atoms with van der Waals surface area (Å²) in [6.07, 6.45) is 4.66. The van der Waals surface area contributed by atoms with Crippen molar-refractivity contribution in [1.82, 2.24) is 25.1 Å². The smallest absolute Gasteiger partial charge is 0.291 e. The van der Waals surface area contributed by atoms with E-state index in [9.17, 15) is 33.6 Å². The van der Waals surface area contributed by atoms with Gasteiger partial charge >= 0.3 is 0 Å². The predicted octanol–water partition coefficient (Wildman–Crippen LogP) is 3.97. The number of hydrogen-bond acceptors (Lipinski definition) is 13. The number of aromatic nitrogens is 2. The summed E-state index contributed by atoms with van der Waals surface area (Å²) in [6.45, 7) is 1.05. The number of amides is 7. The lowest BCUT2D eigenvalue weighted by Crippen LogP contribution is -2.41. The molecule has 2 aromatic heterocycles. The molecule has 19 nitrogen and oxygen atoms in total. The maximum Gasteiger partial charge on any atom is 0.291 e. The van der Waals surface area contributed by atoms with E-state index in [-0.39, 0.29) is 104 Å². The van der Waals surface area contributed by atoms with Crippen LogP contribution in [0.25, 0.3) is 11.0 Å². The van der Waals surface area contributed by atoms with E-state index in [0.29, 0.717) is 46.7 Å². The van der Waals surface area contributed by atoms with Crippen molar-refractivity contribution in [1.29, 1.82) is 0 Å². The predicted molar refractivity (Wildman–Crippen MR) is 246 cm³/mol. The van der Waals surface area contributed by atoms with Crippen LogP contribution in [0, 0.1) is 0 Å². The van der Waals surface area contributed by atoms with Crippen LogP contribution in [-0.4, -0.2) is 120 Å². The van der Waals surface area contributed by atoms with Crippen molar-refractivity contribution in [2.24, 2.45) is 7.05 Å². The van der Waals surface area contributed by atoms with Crippen LogP contribution in [0.4, 0.5) is 22.9 Å². The Hall–Kier alpha value is -7.35. The van der Waals surface area contributed by atoms with Crippen LogP contribution in [-0.2, 0) is 32.6 Å². The Balaban J connectivity index is 0.783. The molecule has 0 saturated carbocycles. The number of imidazole rings is 1. The Morgan fingerprint density at radius 2 is 1.70 bits per heavy atom. The molecule has 2 atom stereocenters. The number of likely N-dealkylation sites (tertiary alicyclic amines) is 1. The Morgan fingerprint density at radius 3 is 2.48 bits per heavy atom. The molecule has 5 heterocycles. The number of benzene rings is 3. The average Bonchev–Trinajstić information content (AvgIpc) is 4.05. The van der Waals surface area contributed by atoms with Gasteiger partial charge in [0.2, 0.25) is 29.5 Å². The summed E-state index contributed by atoms with van der Waals surface area (Å²) >= 11 is 1.32. The van der Waals surface area contributed by atoms with Crippen LogP contribution in [0.2, 0.25) is 0 Å². The fraction of sp³-hybridized carbons (Fsp3) is 0.348. The first-order chi connectivity index (χ1) is 31.8. The number of carbonyl (C=O) groups excluding carboxylic acids is 7. The molecule has 7 amide bonds. The largest absolute Gasteiger partial charge is 0.493 e. The molecule has 344 valence electrons. The minimum atomic E-state index is -0.541. The standard InChI is InChI=1S/C46H49N9O10S/c1-52-24-29-19-26-8-5-6-9-31(26)55(29)45(61)30-21-34(63-3)35(22-32(30)52)64-17-7-10-40(57)50-38-25-53(2)42(51-38)44(60)49-28-11-12-33-27(18-28)20-36(65-33)43(59)48-14-13-39(56)47-15-16-54-41(58)23-37(66-4)46(54)62/h5-6,8-9,11-12,18,20-22,25,29,37H,7,10,13-17,19,23-24H2,1-4H3,(H,47,56)(H,48,59)(H,49,60)(H,50,57)/t29-,37?/m0/s1. The van der Waals surface area contributed by atoms with E-state index < -0.39 is 11.8 Å². The maximum atomic E-state index is 13.9. The van der Waals surface area contributed by atoms with Crippen LogP contribution in [0.1, 0.15) is 62.8 Å². The fourth-order valence-corrected chi connectivity index (χ4v) is 8.99. The summed E-state index contributed by atoms with van der Waals surface area (Å²) in [6, 6.07) is 17.9. The number of rotatable bonds is 17. The topological polar surface area (TPSA) is 227 Å². The van der Waals surface area contributed by atoms with Gasteiger partial charge in [-0.1, -0.05) is 18.2 Å². The molecule has 0 spiro atoms. The number of ether oxygens (including phenoxy) is 2. The van der Waals surface area contributed by atoms with Crippen LogP contribution in [0.15, 0.2) is 71.3 Å². The number of para-hydroxylation sites is 1. The number of methoxy groups -OCH3 is 1. The van der Waals surface area contributed by atoms with E-state index in [1.54, 1.807) is 37.6 Å². The van der Waals surface area contributed by atoms with E-state index in [1.807, 2.05) is 36.2 Å². The van der Waals surface area contributed by atoms with Crippen molar-refractivity contribution < 1.29 is 47.5 Å². The highest BCUT2D eigenvalue weighted by Crippen LogP contribution is 2.42. The molecule has 0 aliphatic carbocycles. The molecule has 3 aliphatic rings. The van der Waals surface area contributed by atoms with Crippen molar-refractivity contribution >= 4 is 87.0 Å². The molecule has 8 rings (SSSR count). The monoisotopic (exact) mass is 919 g/mol. The van der Waals surface area contributed by atoms with E-state index in [4.69, 9.17) is 13.9 Å². The molecule has 3 aliphatic heterocycles. The molecule has 0 bridgehead atoms. The summed E-state index contributed by atoms with van der Waals surface area (Å²) in [5.74, 6) is -1.26. The molecule has 4 N–H and O–H groups in total. The SMILES string of the molecule is COc1cc2c(cc1OCCCC(=O)Nc1cn(C)c(C(=O)Nc3ccc4oc(C(=O)NCCC(=O)NCCN5C(=O)CC(SC)C5=O)cc4c3)n1)N(C)C[C@@H]1Cc3ccccc3N1C2=O. The zero-order chi connectivity index (χ0) is 46.6. The minimum absolute atomic E-state index is 0.000768. The van der Waals surface area contributed by atoms with E-state index in [1.165, 1.54) is 35.7 Å². The first-order valence-electron chi connectivity index (χ1n) is 21.4. The molecule has 1 fully saturated rings. The Morgan fingerprint density at radius 1 is 0.879 bits per heavy atom. The third-order valence-electron chi connectivity index (χ3n) is 11.6. The number of nitrogens with one attached hydrogen (secondary N) is 4. The molecule has 1 unspecified atom stereocenters. The summed E-state index contributed by atoms with van der Waals surface area (Å²) in [5.41, 5.74) is 4.14. The maximum absolute atomic E-state index is 13.9. The Kier molecular flexibility index (Phi) is 13.3. The third-order valence-corrected chi connectivity index (χ3v) is 12.6. The lowest BCUT2D eigenvalue weighted by atomic mass is 10.1. The number of carbonyl (C=O) groups is 7. The number of furan rings is 1. The highest BCUT2D eigenvalue weighted by molar-refractivity contribution is 8.00. The van der Waals surface area contributed by atoms with Crippen LogP contribution in [0.3, 0.4) is 0 Å². The highest BCUT2D eigenvalue weighted by atomic mass is 32.2. The van der Waals surface area contributed by atoms with Crippen LogP contribution < -0.4 is 40.5 Å². The van der Waals surface area contributed by atoms with Crippen molar-refractivity contribution in [3.63, 3.8) is 0 Å². The van der Waals surface area contributed by atoms with Crippen molar-refractivity contribution in [3.05, 3.63) is 89.6 Å². The number of thioether (sulfide) groups is 1. The fourth-order valence-electron chi connectivity index (χ4n) is 8.36. The number of anilines is 4. The van der Waals surface area contributed by atoms with E-state index >= 15 is 0 Å². The second kappa shape index (κ2) is 19.4. The summed E-state index contributed by atoms with van der Waals surface area (Å²) in [5, 5.41) is 11.0. The van der Waals surface area contributed by atoms with Gasteiger partial charge in [0, 0.05) is 88.6 Å². The van der Waals surface area contributed by atoms with Gasteiger partial charge in [0.05, 0.1) is 36.3 Å². The van der Waals surface area contributed by atoms with E-state index in [0.717, 1.165) is 28.3 Å². The summed E-state index contributed by atoms with van der Waals surface area (Å²) in [7, 11) is 5.10. The molecule has 20 heteroatoms.